The molecule has 0 bridgehead atoms. The molecule has 0 amide bonds. The van der Waals surface area contributed by atoms with Gasteiger partial charge in [0.15, 0.2) is 0 Å². The van der Waals surface area contributed by atoms with Gasteiger partial charge in [0, 0.05) is 24.2 Å². The van der Waals surface area contributed by atoms with Gasteiger partial charge in [-0.2, -0.15) is 5.10 Å². The highest BCUT2D eigenvalue weighted by atomic mass is 32.1. The molecule has 0 aliphatic rings. The van der Waals surface area contributed by atoms with E-state index < -0.39 is 0 Å². The molecule has 2 heterocycles. The second-order valence-corrected chi connectivity index (χ2v) is 4.51. The van der Waals surface area contributed by atoms with Crippen LogP contribution in [0.3, 0.4) is 0 Å². The van der Waals surface area contributed by atoms with Gasteiger partial charge in [-0.3, -0.25) is 4.68 Å². The largest absolute Gasteiger partial charge is 0.310 e. The molecule has 80 valence electrons. The van der Waals surface area contributed by atoms with Gasteiger partial charge in [-0.05, 0) is 24.4 Å². The van der Waals surface area contributed by atoms with Crippen molar-refractivity contribution in [2.45, 2.75) is 20.0 Å². The molecular formula is C11H15N3S. The van der Waals surface area contributed by atoms with Crippen LogP contribution in [0.25, 0.3) is 0 Å². The number of nitrogens with one attached hydrogen (secondary N) is 1. The molecule has 0 saturated carbocycles. The van der Waals surface area contributed by atoms with Crippen molar-refractivity contribution in [2.75, 3.05) is 6.54 Å². The number of hydrogen-bond acceptors (Lipinski definition) is 3. The standard InChI is InChI=1S/C11H15N3S/c1-10-4-6-14(13-10)7-5-12-9-11-3-2-8-15-11/h2-4,6,8,12H,5,7,9H2,1H3. The van der Waals surface area contributed by atoms with Crippen LogP contribution in [0.15, 0.2) is 29.8 Å². The van der Waals surface area contributed by atoms with Gasteiger partial charge in [-0.25, -0.2) is 0 Å². The summed E-state index contributed by atoms with van der Waals surface area (Å²) in [5.41, 5.74) is 1.08. The van der Waals surface area contributed by atoms with E-state index in [2.05, 4.69) is 27.9 Å². The molecule has 4 heteroatoms. The molecule has 0 saturated heterocycles. The van der Waals surface area contributed by atoms with Gasteiger partial charge in [-0.15, -0.1) is 11.3 Å². The summed E-state index contributed by atoms with van der Waals surface area (Å²) in [4.78, 5) is 1.38. The van der Waals surface area contributed by atoms with Crippen LogP contribution in [0, 0.1) is 6.92 Å². The maximum atomic E-state index is 4.32. The molecule has 2 aromatic heterocycles. The molecule has 0 aliphatic carbocycles. The van der Waals surface area contributed by atoms with E-state index in [4.69, 9.17) is 0 Å². The maximum Gasteiger partial charge on any atom is 0.0593 e. The van der Waals surface area contributed by atoms with E-state index in [1.807, 2.05) is 23.9 Å². The lowest BCUT2D eigenvalue weighted by Gasteiger charge is -2.03. The third kappa shape index (κ3) is 3.18. The monoisotopic (exact) mass is 221 g/mol. The summed E-state index contributed by atoms with van der Waals surface area (Å²) in [6, 6.07) is 6.26. The third-order valence-electron chi connectivity index (χ3n) is 2.17. The lowest BCUT2D eigenvalue weighted by molar-refractivity contribution is 0.554. The normalized spacial score (nSPS) is 10.7. The first kappa shape index (κ1) is 10.4. The highest BCUT2D eigenvalue weighted by Crippen LogP contribution is 2.06. The first-order chi connectivity index (χ1) is 7.34. The third-order valence-corrected chi connectivity index (χ3v) is 3.05. The van der Waals surface area contributed by atoms with Crippen molar-refractivity contribution < 1.29 is 0 Å². The fourth-order valence-electron chi connectivity index (χ4n) is 1.41. The summed E-state index contributed by atoms with van der Waals surface area (Å²) in [5.74, 6) is 0. The second-order valence-electron chi connectivity index (χ2n) is 3.48. The number of hydrogen-bond donors (Lipinski definition) is 1. The van der Waals surface area contributed by atoms with Gasteiger partial charge in [0.1, 0.15) is 0 Å². The van der Waals surface area contributed by atoms with Crippen molar-refractivity contribution in [1.82, 2.24) is 15.1 Å². The Kier molecular flexibility index (Phi) is 3.53. The number of aromatic nitrogens is 2. The van der Waals surface area contributed by atoms with Crippen LogP contribution >= 0.6 is 11.3 Å². The molecule has 1 N–H and O–H groups in total. The number of nitrogens with zero attached hydrogens (tertiary/aromatic N) is 2. The quantitative estimate of drug-likeness (QED) is 0.783. The molecule has 0 fully saturated rings. The Hall–Kier alpha value is -1.13. The van der Waals surface area contributed by atoms with Crippen molar-refractivity contribution in [2.24, 2.45) is 0 Å². The van der Waals surface area contributed by atoms with Crippen LogP contribution in [0.4, 0.5) is 0 Å². The zero-order chi connectivity index (χ0) is 10.5. The van der Waals surface area contributed by atoms with E-state index in [1.165, 1.54) is 4.88 Å². The molecule has 0 unspecified atom stereocenters. The van der Waals surface area contributed by atoms with Crippen LogP contribution < -0.4 is 5.32 Å². The SMILES string of the molecule is Cc1ccn(CCNCc2cccs2)n1. The predicted octanol–water partition coefficient (Wildman–Crippen LogP) is 2.04. The summed E-state index contributed by atoms with van der Waals surface area (Å²) in [6.07, 6.45) is 2.02. The van der Waals surface area contributed by atoms with Gasteiger partial charge < -0.3 is 5.32 Å². The Bertz CT molecular complexity index is 392. The Morgan fingerprint density at radius 1 is 1.47 bits per heavy atom. The number of thiophene rings is 1. The van der Waals surface area contributed by atoms with Crippen molar-refractivity contribution in [3.63, 3.8) is 0 Å². The van der Waals surface area contributed by atoms with Crippen molar-refractivity contribution in [1.29, 1.82) is 0 Å². The average Bonchev–Trinajstić information content (AvgIpc) is 2.84. The molecule has 0 radical (unpaired) electrons. The Morgan fingerprint density at radius 2 is 2.40 bits per heavy atom. The molecule has 3 nitrogen and oxygen atoms in total. The van der Waals surface area contributed by atoms with Gasteiger partial charge >= 0.3 is 0 Å². The van der Waals surface area contributed by atoms with Gasteiger partial charge in [0.25, 0.3) is 0 Å². The second kappa shape index (κ2) is 5.09. The highest BCUT2D eigenvalue weighted by molar-refractivity contribution is 7.09. The molecule has 15 heavy (non-hydrogen) atoms. The van der Waals surface area contributed by atoms with Crippen molar-refractivity contribution in [3.8, 4) is 0 Å². The summed E-state index contributed by atoms with van der Waals surface area (Å²) < 4.78 is 1.97. The van der Waals surface area contributed by atoms with E-state index in [-0.39, 0.29) is 0 Å². The van der Waals surface area contributed by atoms with E-state index in [9.17, 15) is 0 Å². The van der Waals surface area contributed by atoms with Gasteiger partial charge in [-0.1, -0.05) is 6.07 Å². The predicted molar refractivity (Wildman–Crippen MR) is 63.0 cm³/mol. The summed E-state index contributed by atoms with van der Waals surface area (Å²) in [6.45, 7) is 4.85. The van der Waals surface area contributed by atoms with Gasteiger partial charge in [0.2, 0.25) is 0 Å². The molecule has 2 rings (SSSR count). The van der Waals surface area contributed by atoms with Crippen LogP contribution in [-0.4, -0.2) is 16.3 Å². The average molecular weight is 221 g/mol. The number of aryl methyl sites for hydroxylation is 1. The van der Waals surface area contributed by atoms with Crippen LogP contribution in [0.5, 0.6) is 0 Å². The molecule has 0 spiro atoms. The highest BCUT2D eigenvalue weighted by Gasteiger charge is 1.95. The Labute approximate surface area is 93.7 Å². The van der Waals surface area contributed by atoms with Crippen LogP contribution in [-0.2, 0) is 13.1 Å². The molecule has 2 aromatic rings. The van der Waals surface area contributed by atoms with E-state index >= 15 is 0 Å². The lowest BCUT2D eigenvalue weighted by Crippen LogP contribution is -2.19. The topological polar surface area (TPSA) is 29.9 Å². The Balaban J connectivity index is 1.67. The lowest BCUT2D eigenvalue weighted by atomic mass is 10.4. The van der Waals surface area contributed by atoms with Crippen LogP contribution in [0.2, 0.25) is 0 Å². The first-order valence-electron chi connectivity index (χ1n) is 5.08. The van der Waals surface area contributed by atoms with E-state index in [0.717, 1.165) is 25.3 Å². The zero-order valence-corrected chi connectivity index (χ0v) is 9.63. The van der Waals surface area contributed by atoms with Crippen molar-refractivity contribution in [3.05, 3.63) is 40.3 Å². The van der Waals surface area contributed by atoms with E-state index in [0.29, 0.717) is 0 Å². The summed E-state index contributed by atoms with van der Waals surface area (Å²) in [5, 5.41) is 9.82. The maximum absolute atomic E-state index is 4.32. The fourth-order valence-corrected chi connectivity index (χ4v) is 2.08. The van der Waals surface area contributed by atoms with Crippen molar-refractivity contribution >= 4 is 11.3 Å². The summed E-state index contributed by atoms with van der Waals surface area (Å²) in [7, 11) is 0. The summed E-state index contributed by atoms with van der Waals surface area (Å²) >= 11 is 1.79. The number of rotatable bonds is 5. The molecular weight excluding hydrogens is 206 g/mol. The Morgan fingerprint density at radius 3 is 3.07 bits per heavy atom. The van der Waals surface area contributed by atoms with Gasteiger partial charge in [0.05, 0.1) is 12.2 Å². The minimum atomic E-state index is 0.930. The minimum Gasteiger partial charge on any atom is -0.310 e. The first-order valence-corrected chi connectivity index (χ1v) is 5.96. The molecule has 0 atom stereocenters. The fraction of sp³-hybridized carbons (Fsp3) is 0.364. The minimum absolute atomic E-state index is 0.930. The zero-order valence-electron chi connectivity index (χ0n) is 8.81. The van der Waals surface area contributed by atoms with E-state index in [1.54, 1.807) is 11.3 Å². The molecule has 0 aromatic carbocycles. The molecule has 0 aliphatic heterocycles. The van der Waals surface area contributed by atoms with Crippen LogP contribution in [0.1, 0.15) is 10.6 Å². The smallest absolute Gasteiger partial charge is 0.0593 e.